The molecule has 0 spiro atoms. The smallest absolute Gasteiger partial charge is 0.135 e. The summed E-state index contributed by atoms with van der Waals surface area (Å²) in [7, 11) is 0. The molecule has 3 aromatic rings. The van der Waals surface area contributed by atoms with Crippen molar-refractivity contribution in [2.75, 3.05) is 0 Å². The Hall–Kier alpha value is -2.13. The van der Waals surface area contributed by atoms with E-state index in [1.165, 1.54) is 0 Å². The molecule has 3 heteroatoms. The van der Waals surface area contributed by atoms with Crippen LogP contribution in [0.2, 0.25) is 0 Å². The fraction of sp³-hybridized carbons (Fsp3) is 0.235. The van der Waals surface area contributed by atoms with Gasteiger partial charge in [-0.25, -0.2) is 4.98 Å². The second-order valence-corrected chi connectivity index (χ2v) is 5.36. The van der Waals surface area contributed by atoms with Gasteiger partial charge in [-0.3, -0.25) is 0 Å². The predicted octanol–water partition coefficient (Wildman–Crippen LogP) is 3.25. The standard InChI is InChI=1S/C17H17N2O/c1-12(2)17(20,16-10-18-11-19-16)15-8-7-13-5-3-4-6-14(13)9-15/h4-12,20H,1-2H3,(H,18,19). The van der Waals surface area contributed by atoms with Gasteiger partial charge >= 0.3 is 0 Å². The number of nitrogens with zero attached hydrogens (tertiary/aromatic N) is 1. The van der Waals surface area contributed by atoms with E-state index in [-0.39, 0.29) is 5.92 Å². The number of aromatic amines is 1. The Balaban J connectivity index is 2.20. The second-order valence-electron chi connectivity index (χ2n) is 5.36. The molecule has 1 atom stereocenters. The summed E-state index contributed by atoms with van der Waals surface area (Å²) in [5, 5.41) is 13.4. The number of aromatic nitrogens is 2. The first kappa shape index (κ1) is 12.9. The molecule has 0 amide bonds. The highest BCUT2D eigenvalue weighted by atomic mass is 16.3. The average molecular weight is 265 g/mol. The first-order chi connectivity index (χ1) is 9.62. The first-order valence-corrected chi connectivity index (χ1v) is 6.74. The van der Waals surface area contributed by atoms with Gasteiger partial charge in [0.05, 0.1) is 12.0 Å². The maximum Gasteiger partial charge on any atom is 0.135 e. The minimum absolute atomic E-state index is 0.0125. The van der Waals surface area contributed by atoms with Gasteiger partial charge in [0, 0.05) is 6.20 Å². The van der Waals surface area contributed by atoms with Crippen molar-refractivity contribution in [2.24, 2.45) is 5.92 Å². The molecule has 1 unspecified atom stereocenters. The van der Waals surface area contributed by atoms with Gasteiger partial charge in [0.1, 0.15) is 5.60 Å². The van der Waals surface area contributed by atoms with E-state index in [4.69, 9.17) is 0 Å². The van der Waals surface area contributed by atoms with Crippen molar-refractivity contribution in [2.45, 2.75) is 19.4 Å². The van der Waals surface area contributed by atoms with Crippen LogP contribution in [0.25, 0.3) is 10.8 Å². The molecule has 3 rings (SSSR count). The van der Waals surface area contributed by atoms with E-state index >= 15 is 0 Å². The molecular weight excluding hydrogens is 248 g/mol. The minimum Gasteiger partial charge on any atom is -0.378 e. The molecular formula is C17H17N2O. The molecule has 0 fully saturated rings. The SMILES string of the molecule is CC(C)C(O)(c1ccc2c[c]ccc2c1)c1c[nH]cn1. The molecule has 1 radical (unpaired) electrons. The van der Waals surface area contributed by atoms with Crippen LogP contribution in [-0.4, -0.2) is 15.1 Å². The van der Waals surface area contributed by atoms with Crippen molar-refractivity contribution in [3.8, 4) is 0 Å². The molecule has 20 heavy (non-hydrogen) atoms. The molecule has 1 aromatic heterocycles. The van der Waals surface area contributed by atoms with E-state index in [2.05, 4.69) is 16.0 Å². The van der Waals surface area contributed by atoms with Gasteiger partial charge in [-0.2, -0.15) is 0 Å². The molecule has 0 bridgehead atoms. The highest BCUT2D eigenvalue weighted by Gasteiger charge is 2.37. The summed E-state index contributed by atoms with van der Waals surface area (Å²) in [6, 6.07) is 14.9. The Morgan fingerprint density at radius 1 is 1.25 bits per heavy atom. The summed E-state index contributed by atoms with van der Waals surface area (Å²) in [6.07, 6.45) is 3.35. The van der Waals surface area contributed by atoms with Crippen LogP contribution >= 0.6 is 0 Å². The number of imidazole rings is 1. The van der Waals surface area contributed by atoms with E-state index in [1.807, 2.05) is 50.2 Å². The molecule has 1 heterocycles. The van der Waals surface area contributed by atoms with Crippen molar-refractivity contribution in [1.82, 2.24) is 9.97 Å². The quantitative estimate of drug-likeness (QED) is 0.763. The van der Waals surface area contributed by atoms with Gasteiger partial charge in [0.15, 0.2) is 0 Å². The monoisotopic (exact) mass is 265 g/mol. The van der Waals surface area contributed by atoms with Crippen molar-refractivity contribution in [3.63, 3.8) is 0 Å². The zero-order valence-corrected chi connectivity index (χ0v) is 11.6. The maximum absolute atomic E-state index is 11.2. The number of nitrogens with one attached hydrogen (secondary N) is 1. The number of H-pyrrole nitrogens is 1. The van der Waals surface area contributed by atoms with E-state index in [1.54, 1.807) is 12.5 Å². The molecule has 0 aliphatic rings. The van der Waals surface area contributed by atoms with Crippen LogP contribution in [0.5, 0.6) is 0 Å². The molecule has 0 saturated heterocycles. The lowest BCUT2D eigenvalue weighted by atomic mass is 9.80. The van der Waals surface area contributed by atoms with Crippen LogP contribution in [0.1, 0.15) is 25.1 Å². The molecule has 101 valence electrons. The van der Waals surface area contributed by atoms with Crippen LogP contribution in [-0.2, 0) is 5.60 Å². The van der Waals surface area contributed by atoms with E-state index in [0.29, 0.717) is 5.69 Å². The second kappa shape index (κ2) is 4.76. The maximum atomic E-state index is 11.2. The third-order valence-electron chi connectivity index (χ3n) is 3.85. The lowest BCUT2D eigenvalue weighted by molar-refractivity contribution is 0.0281. The molecule has 0 saturated carbocycles. The molecule has 2 aromatic carbocycles. The van der Waals surface area contributed by atoms with Crippen LogP contribution in [0, 0.1) is 12.0 Å². The highest BCUT2D eigenvalue weighted by Crippen LogP contribution is 2.36. The number of fused-ring (bicyclic) bond motifs is 1. The number of aliphatic hydroxyl groups is 1. The highest BCUT2D eigenvalue weighted by molar-refractivity contribution is 5.83. The number of hydrogen-bond donors (Lipinski definition) is 2. The van der Waals surface area contributed by atoms with Crippen LogP contribution in [0.15, 0.2) is 48.9 Å². The minimum atomic E-state index is -1.09. The summed E-state index contributed by atoms with van der Waals surface area (Å²) < 4.78 is 0. The van der Waals surface area contributed by atoms with Crippen molar-refractivity contribution in [3.05, 3.63) is 66.2 Å². The Morgan fingerprint density at radius 3 is 2.80 bits per heavy atom. The van der Waals surface area contributed by atoms with E-state index in [9.17, 15) is 5.11 Å². The lowest BCUT2D eigenvalue weighted by Crippen LogP contribution is -2.33. The normalized spacial score (nSPS) is 14.6. The molecule has 2 N–H and O–H groups in total. The largest absolute Gasteiger partial charge is 0.378 e. The van der Waals surface area contributed by atoms with Crippen LogP contribution in [0.3, 0.4) is 0 Å². The summed E-state index contributed by atoms with van der Waals surface area (Å²) >= 11 is 0. The van der Waals surface area contributed by atoms with Gasteiger partial charge < -0.3 is 10.1 Å². The van der Waals surface area contributed by atoms with Gasteiger partial charge in [0.25, 0.3) is 0 Å². The Kier molecular flexibility index (Phi) is 3.07. The zero-order valence-electron chi connectivity index (χ0n) is 11.6. The molecule has 0 aliphatic carbocycles. The lowest BCUT2D eigenvalue weighted by Gasteiger charge is -2.31. The Labute approximate surface area is 118 Å². The van der Waals surface area contributed by atoms with E-state index < -0.39 is 5.60 Å². The number of benzene rings is 2. The Bertz CT molecular complexity index is 719. The molecule has 3 nitrogen and oxygen atoms in total. The van der Waals surface area contributed by atoms with Gasteiger partial charge in [-0.05, 0) is 40.5 Å². The van der Waals surface area contributed by atoms with Crippen LogP contribution < -0.4 is 0 Å². The van der Waals surface area contributed by atoms with Gasteiger partial charge in [-0.1, -0.05) is 38.1 Å². The predicted molar refractivity (Wildman–Crippen MR) is 79.2 cm³/mol. The average Bonchev–Trinajstić information content (AvgIpc) is 3.00. The zero-order chi connectivity index (χ0) is 14.2. The summed E-state index contributed by atoms with van der Waals surface area (Å²) in [5.41, 5.74) is 0.418. The third-order valence-corrected chi connectivity index (χ3v) is 3.85. The van der Waals surface area contributed by atoms with Crippen molar-refractivity contribution >= 4 is 10.8 Å². The summed E-state index contributed by atoms with van der Waals surface area (Å²) in [6.45, 7) is 4.00. The van der Waals surface area contributed by atoms with Crippen LogP contribution in [0.4, 0.5) is 0 Å². The summed E-state index contributed by atoms with van der Waals surface area (Å²) in [5.74, 6) is 0.0125. The molecule has 0 aliphatic heterocycles. The first-order valence-electron chi connectivity index (χ1n) is 6.74. The summed E-state index contributed by atoms with van der Waals surface area (Å²) in [4.78, 5) is 7.18. The van der Waals surface area contributed by atoms with Crippen molar-refractivity contribution < 1.29 is 5.11 Å². The Morgan fingerprint density at radius 2 is 2.10 bits per heavy atom. The third kappa shape index (κ3) is 1.91. The van der Waals surface area contributed by atoms with E-state index in [0.717, 1.165) is 16.3 Å². The topological polar surface area (TPSA) is 48.9 Å². The number of hydrogen-bond acceptors (Lipinski definition) is 2. The number of rotatable bonds is 3. The van der Waals surface area contributed by atoms with Gasteiger partial charge in [0.2, 0.25) is 0 Å². The fourth-order valence-electron chi connectivity index (χ4n) is 2.61. The van der Waals surface area contributed by atoms with Gasteiger partial charge in [-0.15, -0.1) is 0 Å². The van der Waals surface area contributed by atoms with Crippen molar-refractivity contribution in [1.29, 1.82) is 0 Å². The fourth-order valence-corrected chi connectivity index (χ4v) is 2.61.